The van der Waals surface area contributed by atoms with Gasteiger partial charge in [0.2, 0.25) is 0 Å². The molecule has 5 nitrogen and oxygen atoms in total. The second-order valence-electron chi connectivity index (χ2n) is 5.51. The molecule has 0 fully saturated rings. The molecule has 2 aromatic rings. The molecule has 0 N–H and O–H groups in total. The summed E-state index contributed by atoms with van der Waals surface area (Å²) in [7, 11) is -0.0604. The third-order valence-electron chi connectivity index (χ3n) is 4.06. The Morgan fingerprint density at radius 1 is 1.04 bits per heavy atom. The Kier molecular flexibility index (Phi) is 5.03. The molecule has 2 aromatic carbocycles. The lowest BCUT2D eigenvalue weighted by atomic mass is 10.0. The van der Waals surface area contributed by atoms with Crippen LogP contribution in [0.25, 0.3) is 0 Å². The minimum Gasteiger partial charge on any atom is -0.497 e. The van der Waals surface area contributed by atoms with E-state index in [-0.39, 0.29) is 0 Å². The van der Waals surface area contributed by atoms with Crippen molar-refractivity contribution >= 4 is 18.5 Å². The first kappa shape index (κ1) is 16.7. The number of hydrazone groups is 1. The van der Waals surface area contributed by atoms with Crippen molar-refractivity contribution in [2.45, 2.75) is 12.8 Å². The molecular formula is C18H21N2O3P. The van der Waals surface area contributed by atoms with Crippen LogP contribution in [0, 0.1) is 0 Å². The molecule has 3 rings (SSSR count). The number of hydrogen-bond acceptors (Lipinski definition) is 4. The van der Waals surface area contributed by atoms with E-state index in [1.807, 2.05) is 54.6 Å². The molecule has 0 bridgehead atoms. The maximum Gasteiger partial charge on any atom is 0.341 e. The van der Waals surface area contributed by atoms with Crippen LogP contribution < -0.4 is 10.0 Å². The number of hydrogen-bond donors (Lipinski definition) is 0. The van der Waals surface area contributed by atoms with Gasteiger partial charge in [0.25, 0.3) is 0 Å². The van der Waals surface area contributed by atoms with Crippen LogP contribution in [0.2, 0.25) is 0 Å². The summed E-state index contributed by atoms with van der Waals surface area (Å²) in [5.74, 6) is 0.805. The van der Waals surface area contributed by atoms with Crippen LogP contribution >= 0.6 is 7.52 Å². The molecule has 0 aliphatic carbocycles. The Hall–Kier alpha value is -2.10. The highest BCUT2D eigenvalue weighted by Gasteiger charge is 2.34. The van der Waals surface area contributed by atoms with Crippen LogP contribution in [0.15, 0.2) is 59.7 Å². The molecule has 6 heteroatoms. The van der Waals surface area contributed by atoms with Crippen molar-refractivity contribution in [3.05, 3.63) is 60.2 Å². The molecule has 24 heavy (non-hydrogen) atoms. The Bertz CT molecular complexity index is 760. The third-order valence-corrected chi connectivity index (χ3v) is 6.41. The Labute approximate surface area is 142 Å². The fraction of sp³-hybridized carbons (Fsp3) is 0.278. The molecule has 1 heterocycles. The van der Waals surface area contributed by atoms with Crippen molar-refractivity contribution in [3.63, 3.8) is 0 Å². The summed E-state index contributed by atoms with van der Waals surface area (Å²) in [6.45, 7) is 0.611. The van der Waals surface area contributed by atoms with Gasteiger partial charge in [-0.05, 0) is 54.8 Å². The van der Waals surface area contributed by atoms with Crippen molar-refractivity contribution in [2.24, 2.45) is 5.10 Å². The molecule has 0 spiro atoms. The number of benzene rings is 2. The smallest absolute Gasteiger partial charge is 0.341 e. The van der Waals surface area contributed by atoms with E-state index in [4.69, 9.17) is 9.26 Å². The van der Waals surface area contributed by atoms with E-state index in [1.165, 1.54) is 7.11 Å². The Morgan fingerprint density at radius 3 is 2.38 bits per heavy atom. The van der Waals surface area contributed by atoms with E-state index in [9.17, 15) is 4.57 Å². The maximum absolute atomic E-state index is 13.4. The number of ether oxygens (including phenoxy) is 1. The van der Waals surface area contributed by atoms with E-state index in [2.05, 4.69) is 5.10 Å². The van der Waals surface area contributed by atoms with Crippen LogP contribution in [0.1, 0.15) is 18.4 Å². The summed E-state index contributed by atoms with van der Waals surface area (Å²) in [5.41, 5.74) is 1.92. The fourth-order valence-corrected chi connectivity index (χ4v) is 4.60. The third kappa shape index (κ3) is 3.23. The second kappa shape index (κ2) is 7.20. The molecule has 1 aliphatic rings. The van der Waals surface area contributed by atoms with Gasteiger partial charge in [-0.2, -0.15) is 5.10 Å². The van der Waals surface area contributed by atoms with Gasteiger partial charge in [0, 0.05) is 13.7 Å². The molecule has 126 valence electrons. The summed E-state index contributed by atoms with van der Waals surface area (Å²) in [5, 5.41) is 5.31. The average molecular weight is 344 g/mol. The largest absolute Gasteiger partial charge is 0.497 e. The Morgan fingerprint density at radius 2 is 1.75 bits per heavy atom. The van der Waals surface area contributed by atoms with E-state index in [0.717, 1.165) is 29.9 Å². The highest BCUT2D eigenvalue weighted by Crippen LogP contribution is 2.50. The van der Waals surface area contributed by atoms with E-state index in [0.29, 0.717) is 11.8 Å². The SMILES string of the molecule is COc1ccc(C2=NN(P(=O)(OC)c3ccccc3)CCC2)cc1. The van der Waals surface area contributed by atoms with E-state index >= 15 is 0 Å². The summed E-state index contributed by atoms with van der Waals surface area (Å²) < 4.78 is 25.6. The van der Waals surface area contributed by atoms with Gasteiger partial charge in [-0.1, -0.05) is 18.2 Å². The zero-order chi connectivity index (χ0) is 17.0. The first-order valence-corrected chi connectivity index (χ1v) is 9.46. The first-order valence-electron chi connectivity index (χ1n) is 7.88. The lowest BCUT2D eigenvalue weighted by Gasteiger charge is -2.31. The zero-order valence-electron chi connectivity index (χ0n) is 13.9. The molecule has 0 saturated carbocycles. The monoisotopic (exact) mass is 344 g/mol. The van der Waals surface area contributed by atoms with Crippen LogP contribution in [0.4, 0.5) is 0 Å². The quantitative estimate of drug-likeness (QED) is 0.777. The van der Waals surface area contributed by atoms with Gasteiger partial charge < -0.3 is 9.26 Å². The minimum absolute atomic E-state index is 0.611. The molecule has 1 atom stereocenters. The predicted octanol–water partition coefficient (Wildman–Crippen LogP) is 3.66. The second-order valence-corrected chi connectivity index (χ2v) is 7.90. The standard InChI is InChI=1S/C18H21N2O3P/c1-22-16-12-10-15(11-13-16)18-9-6-14-20(19-18)24(21,23-2)17-7-4-3-5-8-17/h3-5,7-8,10-13H,6,9,14H2,1-2H3. The fourth-order valence-electron chi connectivity index (χ4n) is 2.75. The maximum atomic E-state index is 13.4. The predicted molar refractivity (Wildman–Crippen MR) is 96.2 cm³/mol. The van der Waals surface area contributed by atoms with Crippen LogP contribution in [0.5, 0.6) is 5.75 Å². The zero-order valence-corrected chi connectivity index (χ0v) is 14.8. The van der Waals surface area contributed by atoms with Crippen LogP contribution in [-0.2, 0) is 9.09 Å². The lowest BCUT2D eigenvalue weighted by Crippen LogP contribution is -2.29. The van der Waals surface area contributed by atoms with Gasteiger partial charge in [-0.15, -0.1) is 0 Å². The topological polar surface area (TPSA) is 51.1 Å². The van der Waals surface area contributed by atoms with Crippen molar-refractivity contribution in [1.82, 2.24) is 4.78 Å². The Balaban J connectivity index is 1.94. The van der Waals surface area contributed by atoms with Crippen LogP contribution in [0.3, 0.4) is 0 Å². The van der Waals surface area contributed by atoms with Gasteiger partial charge in [-0.25, -0.2) is 4.78 Å². The molecule has 1 unspecified atom stereocenters. The van der Waals surface area contributed by atoms with Crippen molar-refractivity contribution < 1.29 is 13.8 Å². The molecule has 1 aliphatic heterocycles. The number of methoxy groups -OCH3 is 1. The van der Waals surface area contributed by atoms with E-state index < -0.39 is 7.52 Å². The molecule has 0 amide bonds. The van der Waals surface area contributed by atoms with Crippen molar-refractivity contribution in [2.75, 3.05) is 20.8 Å². The lowest BCUT2D eigenvalue weighted by molar-refractivity contribution is 0.313. The molecule has 0 radical (unpaired) electrons. The summed E-state index contributed by atoms with van der Waals surface area (Å²) in [6, 6.07) is 17.0. The van der Waals surface area contributed by atoms with Gasteiger partial charge in [0.15, 0.2) is 0 Å². The van der Waals surface area contributed by atoms with Crippen molar-refractivity contribution in [3.8, 4) is 5.75 Å². The van der Waals surface area contributed by atoms with Gasteiger partial charge >= 0.3 is 7.52 Å². The van der Waals surface area contributed by atoms with Crippen LogP contribution in [-0.4, -0.2) is 31.3 Å². The highest BCUT2D eigenvalue weighted by molar-refractivity contribution is 7.64. The average Bonchev–Trinajstić information content (AvgIpc) is 2.68. The van der Waals surface area contributed by atoms with Gasteiger partial charge in [-0.3, -0.25) is 4.57 Å². The first-order chi connectivity index (χ1) is 11.7. The normalized spacial score (nSPS) is 17.1. The molecular weight excluding hydrogens is 323 g/mol. The molecule has 0 aromatic heterocycles. The van der Waals surface area contributed by atoms with Gasteiger partial charge in [0.1, 0.15) is 5.75 Å². The summed E-state index contributed by atoms with van der Waals surface area (Å²) >= 11 is 0. The van der Waals surface area contributed by atoms with Gasteiger partial charge in [0.05, 0.1) is 18.1 Å². The van der Waals surface area contributed by atoms with Crippen molar-refractivity contribution in [1.29, 1.82) is 0 Å². The highest BCUT2D eigenvalue weighted by atomic mass is 31.2. The number of rotatable bonds is 5. The van der Waals surface area contributed by atoms with E-state index in [1.54, 1.807) is 11.9 Å². The summed E-state index contributed by atoms with van der Waals surface area (Å²) in [4.78, 5) is 0. The minimum atomic E-state index is -3.18. The molecule has 0 saturated heterocycles. The number of nitrogens with zero attached hydrogens (tertiary/aromatic N) is 2. The summed E-state index contributed by atoms with van der Waals surface area (Å²) in [6.07, 6.45) is 1.73.